The Kier molecular flexibility index (Phi) is 15.2. The average molecular weight is 821 g/mol. The zero-order chi connectivity index (χ0) is 42.3. The number of aromatic nitrogens is 1. The van der Waals surface area contributed by atoms with Gasteiger partial charge in [-0.15, -0.1) is 17.9 Å². The predicted octanol–water partition coefficient (Wildman–Crippen LogP) is 11.5. The van der Waals surface area contributed by atoms with Gasteiger partial charge in [-0.3, -0.25) is 19.7 Å². The van der Waals surface area contributed by atoms with Gasteiger partial charge < -0.3 is 18.6 Å². The van der Waals surface area contributed by atoms with E-state index in [0.717, 1.165) is 39.2 Å². The summed E-state index contributed by atoms with van der Waals surface area (Å²) in [6.45, 7) is 23.8. The number of thiazole rings is 1. The van der Waals surface area contributed by atoms with Gasteiger partial charge in [0.05, 0.1) is 38.6 Å². The van der Waals surface area contributed by atoms with Crippen molar-refractivity contribution in [3.8, 4) is 0 Å². The summed E-state index contributed by atoms with van der Waals surface area (Å²) in [5, 5.41) is 12.0. The molecule has 3 aromatic rings. The van der Waals surface area contributed by atoms with Crippen LogP contribution in [-0.4, -0.2) is 48.3 Å². The number of esters is 1. The lowest BCUT2D eigenvalue weighted by molar-refractivity contribution is -0.384. The SMILES string of the molecule is C=CC[C@H]1C(=O)C(C)(C)[C@@H](O[Si](C)(C)C(C)(C)C)CC(=O)O[C@H](c2ccc3sc(C)nc3c2)CC=C(C)CCC[C@H](C)[C@@H]1OC(=O)OCc1cccc([N+](=O)[O-])c1. The Morgan fingerprint density at radius 2 is 1.88 bits per heavy atom. The first-order valence-electron chi connectivity index (χ1n) is 19.7. The maximum absolute atomic E-state index is 15.1. The van der Waals surface area contributed by atoms with Crippen LogP contribution in [0.15, 0.2) is 66.8 Å². The molecule has 0 N–H and O–H groups in total. The number of ether oxygens (including phenoxy) is 3. The monoisotopic (exact) mass is 820 g/mol. The molecule has 0 saturated carbocycles. The maximum Gasteiger partial charge on any atom is 0.508 e. The molecule has 0 fully saturated rings. The summed E-state index contributed by atoms with van der Waals surface area (Å²) in [5.74, 6) is -1.83. The van der Waals surface area contributed by atoms with E-state index in [9.17, 15) is 19.7 Å². The zero-order valence-electron chi connectivity index (χ0n) is 35.2. The van der Waals surface area contributed by atoms with E-state index in [1.165, 1.54) is 18.2 Å². The maximum atomic E-state index is 15.1. The molecular weight excluding hydrogens is 761 g/mol. The Morgan fingerprint density at radius 3 is 2.54 bits per heavy atom. The molecule has 0 radical (unpaired) electrons. The number of allylic oxidation sites excluding steroid dienone is 2. The lowest BCUT2D eigenvalue weighted by Gasteiger charge is -2.45. The number of fused-ring (bicyclic) bond motifs is 1. The Bertz CT molecular complexity index is 1960. The van der Waals surface area contributed by atoms with Gasteiger partial charge in [-0.25, -0.2) is 9.78 Å². The number of cyclic esters (lactones) is 1. The molecule has 57 heavy (non-hydrogen) atoms. The van der Waals surface area contributed by atoms with E-state index >= 15 is 4.79 Å². The normalized spacial score (nSPS) is 23.0. The first kappa shape index (κ1) is 45.5. The topological polar surface area (TPSA) is 144 Å². The number of non-ortho nitro benzene ring substituents is 1. The van der Waals surface area contributed by atoms with Crippen molar-refractivity contribution in [3.63, 3.8) is 0 Å². The molecule has 2 aromatic carbocycles. The van der Waals surface area contributed by atoms with Crippen LogP contribution < -0.4 is 0 Å². The van der Waals surface area contributed by atoms with Crippen molar-refractivity contribution in [3.05, 3.63) is 93.0 Å². The number of carbonyl (C=O) groups is 3. The molecule has 310 valence electrons. The first-order chi connectivity index (χ1) is 26.6. The Balaban J connectivity index is 1.73. The molecule has 5 atom stereocenters. The van der Waals surface area contributed by atoms with Crippen molar-refractivity contribution in [1.82, 2.24) is 4.98 Å². The molecule has 0 spiro atoms. The molecule has 0 amide bonds. The second-order valence-electron chi connectivity index (χ2n) is 17.4. The molecule has 1 aliphatic heterocycles. The standard InChI is InChI=1S/C44H60N2O9SSi/c1-12-15-34-40(54-42(49)52-27-31-18-14-19-33(24-31)46(50)51)29(3)17-13-16-28(2)20-22-36(32-21-23-37-35(25-32)45-30(4)56-37)53-39(47)26-38(44(8,9)41(34)48)55-57(10,11)43(5,6)7/h12,14,18-21,23-25,29,34,36,38,40H,1,13,15-17,22,26-27H2,2-11H3/t29-,34+,36-,38-,40-/m0/s1. The van der Waals surface area contributed by atoms with E-state index in [0.29, 0.717) is 18.4 Å². The third kappa shape index (κ3) is 11.9. The fourth-order valence-corrected chi connectivity index (χ4v) is 9.22. The van der Waals surface area contributed by atoms with Crippen LogP contribution in [-0.2, 0) is 34.8 Å². The van der Waals surface area contributed by atoms with Crippen LogP contribution in [0.25, 0.3) is 10.2 Å². The van der Waals surface area contributed by atoms with E-state index in [1.54, 1.807) is 37.3 Å². The Labute approximate surface area is 342 Å². The fourth-order valence-electron chi connectivity index (χ4n) is 6.97. The molecule has 0 saturated heterocycles. The van der Waals surface area contributed by atoms with Crippen molar-refractivity contribution in [1.29, 1.82) is 0 Å². The highest BCUT2D eigenvalue weighted by atomic mass is 32.1. The number of benzene rings is 2. The number of nitrogens with zero attached hydrogens (tertiary/aromatic N) is 2. The van der Waals surface area contributed by atoms with Crippen LogP contribution in [0.4, 0.5) is 10.5 Å². The highest BCUT2D eigenvalue weighted by Crippen LogP contribution is 2.43. The van der Waals surface area contributed by atoms with Gasteiger partial charge in [-0.1, -0.05) is 77.5 Å². The summed E-state index contributed by atoms with van der Waals surface area (Å²) < 4.78 is 25.9. The second kappa shape index (κ2) is 19.0. The van der Waals surface area contributed by atoms with Crippen LogP contribution in [0.2, 0.25) is 18.1 Å². The number of nitro benzene ring substituents is 1. The highest BCUT2D eigenvalue weighted by Gasteiger charge is 2.50. The van der Waals surface area contributed by atoms with Gasteiger partial charge in [-0.2, -0.15) is 0 Å². The fraction of sp³-hybridized carbons (Fsp3) is 0.545. The molecule has 0 unspecified atom stereocenters. The number of Topliss-reactive ketones (excluding diaryl/α,β-unsaturated/α-hetero) is 1. The summed E-state index contributed by atoms with van der Waals surface area (Å²) in [4.78, 5) is 58.2. The molecule has 0 aliphatic carbocycles. The molecular formula is C44H60N2O9SSi. The third-order valence-electron chi connectivity index (χ3n) is 11.5. The molecule has 4 rings (SSSR count). The number of ketones is 1. The smallest absolute Gasteiger partial charge is 0.457 e. The van der Waals surface area contributed by atoms with Gasteiger partial charge in [-0.05, 0) is 86.8 Å². The molecule has 1 aromatic heterocycles. The number of hydrogen-bond acceptors (Lipinski definition) is 11. The van der Waals surface area contributed by atoms with Gasteiger partial charge in [0.2, 0.25) is 0 Å². The van der Waals surface area contributed by atoms with E-state index < -0.39 is 55.0 Å². The number of nitro groups is 1. The third-order valence-corrected chi connectivity index (χ3v) is 17.0. The predicted molar refractivity (Wildman–Crippen MR) is 227 cm³/mol. The van der Waals surface area contributed by atoms with Gasteiger partial charge in [0, 0.05) is 24.0 Å². The Hall–Kier alpha value is -4.20. The van der Waals surface area contributed by atoms with Crippen LogP contribution in [0.3, 0.4) is 0 Å². The second-order valence-corrected chi connectivity index (χ2v) is 23.4. The molecule has 0 bridgehead atoms. The van der Waals surface area contributed by atoms with Gasteiger partial charge in [0.1, 0.15) is 24.6 Å². The van der Waals surface area contributed by atoms with Gasteiger partial charge >= 0.3 is 12.1 Å². The van der Waals surface area contributed by atoms with Crippen LogP contribution in [0.5, 0.6) is 0 Å². The minimum atomic E-state index is -2.58. The average Bonchev–Trinajstić information content (AvgIpc) is 3.51. The van der Waals surface area contributed by atoms with Crippen molar-refractivity contribution in [2.75, 3.05) is 0 Å². The summed E-state index contributed by atoms with van der Waals surface area (Å²) in [7, 11) is -2.58. The minimum Gasteiger partial charge on any atom is -0.457 e. The number of carbonyl (C=O) groups excluding carboxylic acids is 3. The minimum absolute atomic E-state index is 0.125. The zero-order valence-corrected chi connectivity index (χ0v) is 37.0. The number of hydrogen-bond donors (Lipinski definition) is 0. The van der Waals surface area contributed by atoms with E-state index in [4.69, 9.17) is 18.6 Å². The Morgan fingerprint density at radius 1 is 1.16 bits per heavy atom. The lowest BCUT2D eigenvalue weighted by atomic mass is 9.71. The van der Waals surface area contributed by atoms with E-state index in [2.05, 4.69) is 58.4 Å². The number of aryl methyl sites for hydroxylation is 1. The van der Waals surface area contributed by atoms with E-state index in [1.807, 2.05) is 32.0 Å². The van der Waals surface area contributed by atoms with Gasteiger partial charge in [0.15, 0.2) is 8.32 Å². The highest BCUT2D eigenvalue weighted by molar-refractivity contribution is 7.18. The summed E-state index contributed by atoms with van der Waals surface area (Å²) >= 11 is 1.62. The quantitative estimate of drug-likeness (QED) is 0.0672. The summed E-state index contributed by atoms with van der Waals surface area (Å²) in [6.07, 6.45) is 3.04. The summed E-state index contributed by atoms with van der Waals surface area (Å²) in [6, 6.07) is 11.8. The molecule has 11 nitrogen and oxygen atoms in total. The largest absolute Gasteiger partial charge is 0.508 e. The van der Waals surface area contributed by atoms with Crippen LogP contribution >= 0.6 is 11.3 Å². The van der Waals surface area contributed by atoms with Crippen LogP contribution in [0.1, 0.15) is 109 Å². The van der Waals surface area contributed by atoms with Gasteiger partial charge in [0.25, 0.3) is 5.69 Å². The molecule has 1 aliphatic rings. The van der Waals surface area contributed by atoms with Crippen molar-refractivity contribution in [2.45, 2.75) is 137 Å². The summed E-state index contributed by atoms with van der Waals surface area (Å²) in [5.41, 5.74) is 1.88. The molecule has 2 heterocycles. The first-order valence-corrected chi connectivity index (χ1v) is 23.5. The number of rotatable bonds is 9. The molecule has 13 heteroatoms. The van der Waals surface area contributed by atoms with Crippen molar-refractivity contribution >= 4 is 53.5 Å². The lowest BCUT2D eigenvalue weighted by Crippen LogP contribution is -2.53. The van der Waals surface area contributed by atoms with Crippen molar-refractivity contribution < 1.29 is 37.9 Å². The van der Waals surface area contributed by atoms with Crippen molar-refractivity contribution in [2.24, 2.45) is 17.3 Å². The van der Waals surface area contributed by atoms with E-state index in [-0.39, 0.29) is 41.9 Å². The van der Waals surface area contributed by atoms with Crippen LogP contribution in [0, 0.1) is 34.3 Å².